The fraction of sp³-hybridized carbons (Fsp3) is 0.0263. The maximum atomic E-state index is 9.46. The topological polar surface area (TPSA) is 32.0 Å². The number of anilines is 3. The molecule has 4 heteroatoms. The third kappa shape index (κ3) is 2.95. The van der Waals surface area contributed by atoms with Crippen LogP contribution in [0.5, 0.6) is 0 Å². The van der Waals surface area contributed by atoms with Gasteiger partial charge in [0.2, 0.25) is 0 Å². The van der Waals surface area contributed by atoms with Crippen LogP contribution in [0.15, 0.2) is 127 Å². The Kier molecular flexibility index (Phi) is 4.69. The van der Waals surface area contributed by atoms with E-state index in [2.05, 4.69) is 138 Å². The molecule has 7 aromatic rings. The quantitative estimate of drug-likeness (QED) is 0.211. The van der Waals surface area contributed by atoms with Gasteiger partial charge in [-0.3, -0.25) is 0 Å². The molecule has 3 heterocycles. The molecule has 0 N–H and O–H groups in total. The maximum absolute atomic E-state index is 9.46. The van der Waals surface area contributed by atoms with Crippen molar-refractivity contribution in [3.05, 3.63) is 139 Å². The monoisotopic (exact) mass is 533 g/mol. The molecular formula is C38H24BN3. The van der Waals surface area contributed by atoms with Gasteiger partial charge in [0.25, 0.3) is 0 Å². The molecule has 42 heavy (non-hydrogen) atoms. The molecule has 0 radical (unpaired) electrons. The SMILES string of the molecule is Cc1c(-c2ccc(C#N)cc2)cc2c3c1-c1cccc4c5ccccc5n(c14)B3c1ccccc1N2c1ccccc1. The van der Waals surface area contributed by atoms with Crippen molar-refractivity contribution in [3.63, 3.8) is 0 Å². The lowest BCUT2D eigenvalue weighted by Gasteiger charge is -2.41. The van der Waals surface area contributed by atoms with Crippen molar-refractivity contribution < 1.29 is 0 Å². The van der Waals surface area contributed by atoms with Crippen LogP contribution in [0.4, 0.5) is 17.1 Å². The lowest BCUT2D eigenvalue weighted by atomic mass is 9.44. The van der Waals surface area contributed by atoms with Crippen LogP contribution in [-0.2, 0) is 0 Å². The lowest BCUT2D eigenvalue weighted by molar-refractivity contribution is 1.25. The lowest BCUT2D eigenvalue weighted by Crippen LogP contribution is -2.56. The van der Waals surface area contributed by atoms with Crippen molar-refractivity contribution in [1.82, 2.24) is 4.48 Å². The summed E-state index contributed by atoms with van der Waals surface area (Å²) in [5.74, 6) is 0. The van der Waals surface area contributed by atoms with Crippen LogP contribution in [0.2, 0.25) is 0 Å². The average molecular weight is 533 g/mol. The largest absolute Gasteiger partial charge is 0.375 e. The van der Waals surface area contributed by atoms with E-state index >= 15 is 0 Å². The molecule has 0 fully saturated rings. The molecule has 194 valence electrons. The zero-order chi connectivity index (χ0) is 27.9. The summed E-state index contributed by atoms with van der Waals surface area (Å²) in [6.07, 6.45) is 0. The Hall–Kier alpha value is -5.53. The number of nitriles is 1. The van der Waals surface area contributed by atoms with Crippen molar-refractivity contribution in [2.75, 3.05) is 4.90 Å². The summed E-state index contributed by atoms with van der Waals surface area (Å²) >= 11 is 0. The summed E-state index contributed by atoms with van der Waals surface area (Å²) in [6.45, 7) is 2.31. The smallest absolute Gasteiger partial charge is 0.333 e. The van der Waals surface area contributed by atoms with Gasteiger partial charge in [0, 0.05) is 44.4 Å². The Morgan fingerprint density at radius 3 is 2.24 bits per heavy atom. The van der Waals surface area contributed by atoms with Crippen molar-refractivity contribution in [2.45, 2.75) is 6.92 Å². The van der Waals surface area contributed by atoms with Gasteiger partial charge in [-0.15, -0.1) is 0 Å². The van der Waals surface area contributed by atoms with E-state index in [-0.39, 0.29) is 6.85 Å². The first-order valence-corrected chi connectivity index (χ1v) is 14.4. The second-order valence-corrected chi connectivity index (χ2v) is 11.3. The van der Waals surface area contributed by atoms with E-state index in [0.717, 1.165) is 11.3 Å². The minimum absolute atomic E-state index is 0.0391. The number of hydrogen-bond acceptors (Lipinski definition) is 2. The molecule has 3 nitrogen and oxygen atoms in total. The highest BCUT2D eigenvalue weighted by Gasteiger charge is 2.43. The Bertz CT molecular complexity index is 2270. The Balaban J connectivity index is 1.48. The molecule has 0 spiro atoms. The van der Waals surface area contributed by atoms with Gasteiger partial charge in [-0.2, -0.15) is 5.26 Å². The third-order valence-corrected chi connectivity index (χ3v) is 9.19. The molecule has 9 rings (SSSR count). The van der Waals surface area contributed by atoms with Crippen molar-refractivity contribution in [2.24, 2.45) is 0 Å². The first-order valence-electron chi connectivity index (χ1n) is 14.4. The predicted octanol–water partition coefficient (Wildman–Crippen LogP) is 8.06. The van der Waals surface area contributed by atoms with Gasteiger partial charge < -0.3 is 9.38 Å². The zero-order valence-electron chi connectivity index (χ0n) is 23.0. The fourth-order valence-electron chi connectivity index (χ4n) is 7.47. The van der Waals surface area contributed by atoms with Gasteiger partial charge >= 0.3 is 6.85 Å². The van der Waals surface area contributed by atoms with Crippen molar-refractivity contribution in [3.8, 4) is 28.3 Å². The van der Waals surface area contributed by atoms with Crippen LogP contribution in [0, 0.1) is 18.3 Å². The van der Waals surface area contributed by atoms with Crippen LogP contribution in [0.25, 0.3) is 44.1 Å². The Labute approximate surface area is 244 Å². The number of nitrogens with zero attached hydrogens (tertiary/aromatic N) is 3. The molecule has 0 unspecified atom stereocenters. The van der Waals surface area contributed by atoms with Crippen LogP contribution in [0.3, 0.4) is 0 Å². The summed E-state index contributed by atoms with van der Waals surface area (Å²) < 4.78 is 2.59. The highest BCUT2D eigenvalue weighted by atomic mass is 15.2. The van der Waals surface area contributed by atoms with Crippen LogP contribution < -0.4 is 15.8 Å². The van der Waals surface area contributed by atoms with E-state index in [1.54, 1.807) is 0 Å². The van der Waals surface area contributed by atoms with E-state index in [0.29, 0.717) is 5.56 Å². The first-order chi connectivity index (χ1) is 20.7. The van der Waals surface area contributed by atoms with Gasteiger partial charge in [0.05, 0.1) is 11.6 Å². The summed E-state index contributed by atoms with van der Waals surface area (Å²) in [5, 5.41) is 12.0. The molecule has 0 amide bonds. The minimum Gasteiger partial charge on any atom is -0.375 e. The summed E-state index contributed by atoms with van der Waals surface area (Å²) in [4.78, 5) is 2.44. The van der Waals surface area contributed by atoms with E-state index in [1.807, 2.05) is 12.1 Å². The number of fused-ring (bicyclic) bond motifs is 7. The molecule has 0 aliphatic carbocycles. The van der Waals surface area contributed by atoms with Crippen molar-refractivity contribution in [1.29, 1.82) is 5.26 Å². The average Bonchev–Trinajstić information content (AvgIpc) is 3.39. The summed E-state index contributed by atoms with van der Waals surface area (Å²) in [5.41, 5.74) is 15.6. The second kappa shape index (κ2) is 8.49. The molecule has 6 aromatic carbocycles. The molecular weight excluding hydrogens is 509 g/mol. The standard InChI is InChI=1S/C38H24BN3/c1-24-31(26-20-18-25(23-40)19-21-26)22-35-37-36(24)30-14-9-13-29-28-12-5-7-16-33(28)42(38(29)30)39(37)32-15-6-8-17-34(32)41(35)27-10-3-2-4-11-27/h2-22H,1H3. The van der Waals surface area contributed by atoms with E-state index in [1.165, 1.54) is 66.4 Å². The van der Waals surface area contributed by atoms with Crippen LogP contribution >= 0.6 is 0 Å². The first kappa shape index (κ1) is 23.2. The van der Waals surface area contributed by atoms with Gasteiger partial charge in [-0.1, -0.05) is 84.9 Å². The number of rotatable bonds is 2. The molecule has 0 atom stereocenters. The van der Waals surface area contributed by atoms with Gasteiger partial charge in [0.1, 0.15) is 0 Å². The summed E-state index contributed by atoms with van der Waals surface area (Å²) in [6, 6.07) is 47.9. The van der Waals surface area contributed by atoms with E-state index in [9.17, 15) is 5.26 Å². The molecule has 2 aliphatic heterocycles. The Morgan fingerprint density at radius 2 is 1.40 bits per heavy atom. The Morgan fingerprint density at radius 1 is 0.667 bits per heavy atom. The number of para-hydroxylation sites is 4. The molecule has 2 aliphatic rings. The fourth-order valence-corrected chi connectivity index (χ4v) is 7.47. The normalized spacial score (nSPS) is 12.8. The number of hydrogen-bond donors (Lipinski definition) is 0. The second-order valence-electron chi connectivity index (χ2n) is 11.3. The predicted molar refractivity (Wildman–Crippen MR) is 175 cm³/mol. The zero-order valence-corrected chi connectivity index (χ0v) is 23.0. The third-order valence-electron chi connectivity index (χ3n) is 9.19. The molecule has 0 saturated carbocycles. The maximum Gasteiger partial charge on any atom is 0.333 e. The van der Waals surface area contributed by atoms with Crippen LogP contribution in [-0.4, -0.2) is 11.3 Å². The highest BCUT2D eigenvalue weighted by molar-refractivity contribution is 6.90. The number of benzene rings is 6. The minimum atomic E-state index is 0.0391. The number of aromatic nitrogens is 1. The van der Waals surface area contributed by atoms with Gasteiger partial charge in [-0.25, -0.2) is 0 Å². The van der Waals surface area contributed by atoms with Gasteiger partial charge in [-0.05, 0) is 82.6 Å². The summed E-state index contributed by atoms with van der Waals surface area (Å²) in [7, 11) is 0. The van der Waals surface area contributed by atoms with Gasteiger partial charge in [0.15, 0.2) is 0 Å². The van der Waals surface area contributed by atoms with E-state index in [4.69, 9.17) is 0 Å². The molecule has 1 aromatic heterocycles. The molecule has 0 bridgehead atoms. The molecule has 0 saturated heterocycles. The van der Waals surface area contributed by atoms with E-state index < -0.39 is 0 Å². The van der Waals surface area contributed by atoms with Crippen LogP contribution in [0.1, 0.15) is 11.1 Å². The van der Waals surface area contributed by atoms with Crippen molar-refractivity contribution >= 4 is 56.6 Å². The highest BCUT2D eigenvalue weighted by Crippen LogP contribution is 2.48.